The normalized spacial score (nSPS) is 27.3. The Hall–Kier alpha value is -0.0500. The SMILES string of the molecule is CN(C)C1CSC(C#N)(c2cc(Cl)cc(Cl)c2)SC1. The number of rotatable bonds is 2. The predicted octanol–water partition coefficient (Wildman–Crippen LogP) is 4.08. The second-order valence-corrected chi connectivity index (χ2v) is 8.23. The van der Waals surface area contributed by atoms with Crippen LogP contribution in [-0.4, -0.2) is 36.5 Å². The molecule has 1 heterocycles. The minimum atomic E-state index is -0.596. The van der Waals surface area contributed by atoms with E-state index in [1.54, 1.807) is 29.6 Å². The van der Waals surface area contributed by atoms with E-state index in [0.717, 1.165) is 17.1 Å². The first-order chi connectivity index (χ1) is 8.97. The van der Waals surface area contributed by atoms with Gasteiger partial charge in [0.15, 0.2) is 4.08 Å². The van der Waals surface area contributed by atoms with Crippen LogP contribution in [0.4, 0.5) is 0 Å². The number of nitrogens with zero attached hydrogens (tertiary/aromatic N) is 2. The predicted molar refractivity (Wildman–Crippen MR) is 86.1 cm³/mol. The summed E-state index contributed by atoms with van der Waals surface area (Å²) in [6.45, 7) is 0. The van der Waals surface area contributed by atoms with Crippen molar-refractivity contribution < 1.29 is 0 Å². The lowest BCUT2D eigenvalue weighted by atomic mass is 10.1. The molecule has 1 aliphatic rings. The van der Waals surface area contributed by atoms with Crippen LogP contribution in [0.15, 0.2) is 18.2 Å². The maximum Gasteiger partial charge on any atom is 0.173 e. The summed E-state index contributed by atoms with van der Waals surface area (Å²) in [6.07, 6.45) is 0. The average molecular weight is 333 g/mol. The van der Waals surface area contributed by atoms with Crippen LogP contribution in [0.1, 0.15) is 5.56 Å². The van der Waals surface area contributed by atoms with Gasteiger partial charge in [0.05, 0.1) is 6.07 Å². The molecule has 2 rings (SSSR count). The van der Waals surface area contributed by atoms with Gasteiger partial charge in [-0.1, -0.05) is 23.2 Å². The van der Waals surface area contributed by atoms with Gasteiger partial charge < -0.3 is 4.90 Å². The third kappa shape index (κ3) is 3.34. The van der Waals surface area contributed by atoms with Crippen LogP contribution in [0.25, 0.3) is 0 Å². The highest BCUT2D eigenvalue weighted by Gasteiger charge is 2.39. The highest BCUT2D eigenvalue weighted by atomic mass is 35.5. The topological polar surface area (TPSA) is 27.0 Å². The van der Waals surface area contributed by atoms with Crippen molar-refractivity contribution in [2.24, 2.45) is 0 Å². The quantitative estimate of drug-likeness (QED) is 0.815. The zero-order valence-electron chi connectivity index (χ0n) is 10.7. The summed E-state index contributed by atoms with van der Waals surface area (Å²) in [7, 11) is 4.14. The molecule has 0 N–H and O–H groups in total. The Morgan fingerprint density at radius 1 is 1.21 bits per heavy atom. The highest BCUT2D eigenvalue weighted by molar-refractivity contribution is 8.18. The molecule has 0 radical (unpaired) electrons. The highest BCUT2D eigenvalue weighted by Crippen LogP contribution is 2.51. The van der Waals surface area contributed by atoms with Crippen molar-refractivity contribution in [3.8, 4) is 6.07 Å². The number of thioether (sulfide) groups is 2. The zero-order chi connectivity index (χ0) is 14.0. The van der Waals surface area contributed by atoms with Crippen LogP contribution in [0.3, 0.4) is 0 Å². The molecule has 6 heteroatoms. The molecule has 1 aliphatic heterocycles. The molecule has 0 unspecified atom stereocenters. The average Bonchev–Trinajstić information content (AvgIpc) is 2.37. The molecule has 0 amide bonds. The summed E-state index contributed by atoms with van der Waals surface area (Å²) in [5.41, 5.74) is 0.889. The molecule has 102 valence electrons. The summed E-state index contributed by atoms with van der Waals surface area (Å²) < 4.78 is -0.596. The number of hydrogen-bond donors (Lipinski definition) is 0. The van der Waals surface area contributed by atoms with Gasteiger partial charge in [-0.2, -0.15) is 5.26 Å². The van der Waals surface area contributed by atoms with E-state index in [0.29, 0.717) is 16.1 Å². The zero-order valence-corrected chi connectivity index (χ0v) is 13.8. The van der Waals surface area contributed by atoms with Gasteiger partial charge in [-0.3, -0.25) is 0 Å². The van der Waals surface area contributed by atoms with Crippen LogP contribution < -0.4 is 0 Å². The van der Waals surface area contributed by atoms with E-state index in [9.17, 15) is 5.26 Å². The van der Waals surface area contributed by atoms with Crippen molar-refractivity contribution in [2.45, 2.75) is 10.1 Å². The second kappa shape index (κ2) is 6.15. The molecular weight excluding hydrogens is 319 g/mol. The van der Waals surface area contributed by atoms with Gasteiger partial charge in [0.25, 0.3) is 0 Å². The molecule has 0 saturated carbocycles. The van der Waals surface area contributed by atoms with E-state index >= 15 is 0 Å². The van der Waals surface area contributed by atoms with E-state index in [1.807, 2.05) is 12.1 Å². The lowest BCUT2D eigenvalue weighted by Gasteiger charge is -2.36. The molecule has 1 aromatic rings. The minimum Gasteiger partial charge on any atom is -0.305 e. The fraction of sp³-hybridized carbons (Fsp3) is 0.462. The Labute approximate surface area is 132 Å². The number of halogens is 2. The van der Waals surface area contributed by atoms with Crippen LogP contribution in [-0.2, 0) is 4.08 Å². The monoisotopic (exact) mass is 332 g/mol. The molecule has 0 bridgehead atoms. The maximum atomic E-state index is 9.61. The van der Waals surface area contributed by atoms with Gasteiger partial charge >= 0.3 is 0 Å². The van der Waals surface area contributed by atoms with Crippen molar-refractivity contribution in [1.29, 1.82) is 5.26 Å². The van der Waals surface area contributed by atoms with Gasteiger partial charge in [0, 0.05) is 27.6 Å². The largest absolute Gasteiger partial charge is 0.305 e. The van der Waals surface area contributed by atoms with E-state index in [-0.39, 0.29) is 0 Å². The van der Waals surface area contributed by atoms with Crippen molar-refractivity contribution in [3.05, 3.63) is 33.8 Å². The first-order valence-electron chi connectivity index (χ1n) is 5.79. The van der Waals surface area contributed by atoms with Crippen molar-refractivity contribution >= 4 is 46.7 Å². The van der Waals surface area contributed by atoms with Gasteiger partial charge in [-0.05, 0) is 37.9 Å². The molecule has 2 nitrogen and oxygen atoms in total. The molecule has 1 aromatic carbocycles. The smallest absolute Gasteiger partial charge is 0.173 e. The van der Waals surface area contributed by atoms with E-state index in [4.69, 9.17) is 23.2 Å². The third-order valence-corrected chi connectivity index (χ3v) is 6.79. The lowest BCUT2D eigenvalue weighted by molar-refractivity contribution is 0.343. The second-order valence-electron chi connectivity index (χ2n) is 4.63. The van der Waals surface area contributed by atoms with Gasteiger partial charge in [0.2, 0.25) is 0 Å². The number of benzene rings is 1. The fourth-order valence-electron chi connectivity index (χ4n) is 1.85. The Balaban J connectivity index is 2.28. The minimum absolute atomic E-state index is 0.492. The molecule has 0 spiro atoms. The van der Waals surface area contributed by atoms with Crippen LogP contribution in [0, 0.1) is 11.3 Å². The third-order valence-electron chi connectivity index (χ3n) is 3.08. The Morgan fingerprint density at radius 3 is 2.16 bits per heavy atom. The Bertz CT molecular complexity index is 486. The first kappa shape index (κ1) is 15.3. The van der Waals surface area contributed by atoms with Crippen molar-refractivity contribution in [2.75, 3.05) is 25.6 Å². The molecule has 19 heavy (non-hydrogen) atoms. The Morgan fingerprint density at radius 2 is 1.74 bits per heavy atom. The van der Waals surface area contributed by atoms with E-state index in [2.05, 4.69) is 25.1 Å². The molecule has 0 atom stereocenters. The van der Waals surface area contributed by atoms with Gasteiger partial charge in [-0.25, -0.2) is 0 Å². The van der Waals surface area contributed by atoms with Crippen LogP contribution >= 0.6 is 46.7 Å². The lowest BCUT2D eigenvalue weighted by Crippen LogP contribution is -2.38. The Kier molecular flexibility index (Phi) is 4.97. The standard InChI is InChI=1S/C13H14Cl2N2S2/c1-17(2)12-6-18-13(8-16,19-7-12)9-3-10(14)5-11(15)4-9/h3-5,12H,6-7H2,1-2H3. The summed E-state index contributed by atoms with van der Waals surface area (Å²) in [5.74, 6) is 1.86. The maximum absolute atomic E-state index is 9.61. The van der Waals surface area contributed by atoms with Crippen LogP contribution in [0.2, 0.25) is 10.0 Å². The summed E-state index contributed by atoms with van der Waals surface area (Å²) in [4.78, 5) is 2.20. The summed E-state index contributed by atoms with van der Waals surface area (Å²) >= 11 is 15.4. The van der Waals surface area contributed by atoms with Gasteiger partial charge in [0.1, 0.15) is 0 Å². The molecule has 0 aromatic heterocycles. The number of nitriles is 1. The van der Waals surface area contributed by atoms with E-state index in [1.165, 1.54) is 0 Å². The van der Waals surface area contributed by atoms with Gasteiger partial charge in [-0.15, -0.1) is 23.5 Å². The molecular formula is C13H14Cl2N2S2. The van der Waals surface area contributed by atoms with E-state index < -0.39 is 4.08 Å². The molecule has 1 saturated heterocycles. The fourth-order valence-corrected chi connectivity index (χ4v) is 5.66. The first-order valence-corrected chi connectivity index (χ1v) is 8.52. The molecule has 1 fully saturated rings. The summed E-state index contributed by atoms with van der Waals surface area (Å²) in [5, 5.41) is 10.8. The van der Waals surface area contributed by atoms with Crippen molar-refractivity contribution in [1.82, 2.24) is 4.90 Å². The van der Waals surface area contributed by atoms with Crippen molar-refractivity contribution in [3.63, 3.8) is 0 Å². The number of hydrogen-bond acceptors (Lipinski definition) is 4. The van der Waals surface area contributed by atoms with Crippen LogP contribution in [0.5, 0.6) is 0 Å². The molecule has 0 aliphatic carbocycles. The summed E-state index contributed by atoms with van der Waals surface area (Å²) in [6, 6.07) is 8.30.